The maximum absolute atomic E-state index is 13.0. The van der Waals surface area contributed by atoms with Crippen molar-refractivity contribution in [2.24, 2.45) is 5.92 Å². The van der Waals surface area contributed by atoms with Crippen molar-refractivity contribution in [3.8, 4) is 0 Å². The third kappa shape index (κ3) is 40.5. The molecule has 3 atom stereocenters. The Hall–Kier alpha value is -2.23. The largest absolute Gasteiger partial charge is 0.465 e. The molecule has 0 aliphatic carbocycles. The Morgan fingerprint density at radius 1 is 0.517 bits per heavy atom. The summed E-state index contributed by atoms with van der Waals surface area (Å²) in [6.07, 6.45) is 37.9. The zero-order valence-electron chi connectivity index (χ0n) is 38.3. The van der Waals surface area contributed by atoms with Gasteiger partial charge in [-0.3, -0.25) is 14.4 Å². The van der Waals surface area contributed by atoms with Gasteiger partial charge in [0.2, 0.25) is 0 Å². The summed E-state index contributed by atoms with van der Waals surface area (Å²) in [6.45, 7) is 10.3. The van der Waals surface area contributed by atoms with E-state index in [0.717, 1.165) is 90.0 Å². The number of esters is 3. The molecule has 0 saturated heterocycles. The standard InChI is InChI=1S/C49H91NO8/c1-6-9-12-15-17-18-19-20-21-22-23-24-25-27-30-35-46(51)55-41-45(42-56-47(52)36-31-32-39-50-5)43-57-48(53)37-38-49(54-40-33-28-16-13-10-7-2)58-44(4)34-29-26-14-11-8-3/h17-18,20-21,44-45,49-50H,6-16,19,22-43H2,1-5H3/b18-17-,21-20-. The first kappa shape index (κ1) is 55.8. The molecule has 0 aromatic rings. The molecule has 0 fully saturated rings. The van der Waals surface area contributed by atoms with E-state index in [0.29, 0.717) is 25.9 Å². The maximum atomic E-state index is 13.0. The number of hydrogen-bond acceptors (Lipinski definition) is 9. The Labute approximate surface area is 356 Å². The molecule has 0 aromatic heterocycles. The zero-order chi connectivity index (χ0) is 42.6. The molecule has 0 saturated carbocycles. The van der Waals surface area contributed by atoms with Gasteiger partial charge < -0.3 is 29.0 Å². The average molecular weight is 822 g/mol. The molecule has 0 rings (SSSR count). The Morgan fingerprint density at radius 3 is 1.57 bits per heavy atom. The van der Waals surface area contributed by atoms with Gasteiger partial charge in [0.15, 0.2) is 6.29 Å². The number of carbonyl (C=O) groups excluding carboxylic acids is 3. The number of hydrogen-bond donors (Lipinski definition) is 1. The van der Waals surface area contributed by atoms with E-state index in [1.54, 1.807) is 0 Å². The van der Waals surface area contributed by atoms with Gasteiger partial charge >= 0.3 is 17.9 Å². The number of nitrogens with one attached hydrogen (secondary N) is 1. The molecule has 0 aliphatic heterocycles. The van der Waals surface area contributed by atoms with Crippen LogP contribution in [0.2, 0.25) is 0 Å². The monoisotopic (exact) mass is 822 g/mol. The van der Waals surface area contributed by atoms with Crippen LogP contribution in [0.5, 0.6) is 0 Å². The second-order valence-electron chi connectivity index (χ2n) is 16.2. The highest BCUT2D eigenvalue weighted by Crippen LogP contribution is 2.17. The van der Waals surface area contributed by atoms with E-state index in [-0.39, 0.29) is 50.3 Å². The van der Waals surface area contributed by atoms with E-state index < -0.39 is 12.2 Å². The van der Waals surface area contributed by atoms with E-state index in [1.165, 1.54) is 77.0 Å². The van der Waals surface area contributed by atoms with Gasteiger partial charge in [0, 0.05) is 25.9 Å². The van der Waals surface area contributed by atoms with Crippen LogP contribution in [-0.2, 0) is 38.1 Å². The van der Waals surface area contributed by atoms with Crippen LogP contribution in [0.3, 0.4) is 0 Å². The molecule has 0 aliphatic rings. The quantitative estimate of drug-likeness (QED) is 0.0211. The molecule has 0 radical (unpaired) electrons. The fraction of sp³-hybridized carbons (Fsp3) is 0.857. The summed E-state index contributed by atoms with van der Waals surface area (Å²) in [4.78, 5) is 38.0. The Balaban J connectivity index is 4.80. The molecule has 9 heteroatoms. The number of unbranched alkanes of at least 4 members (excludes halogenated alkanes) is 18. The molecular weight excluding hydrogens is 731 g/mol. The van der Waals surface area contributed by atoms with Crippen LogP contribution < -0.4 is 5.32 Å². The van der Waals surface area contributed by atoms with Crippen LogP contribution in [0, 0.1) is 5.92 Å². The minimum atomic E-state index is -0.469. The number of rotatable bonds is 44. The van der Waals surface area contributed by atoms with Crippen LogP contribution in [0.4, 0.5) is 0 Å². The van der Waals surface area contributed by atoms with Crippen molar-refractivity contribution in [1.82, 2.24) is 5.32 Å². The highest BCUT2D eigenvalue weighted by Gasteiger charge is 2.20. The lowest BCUT2D eigenvalue weighted by Gasteiger charge is -2.23. The van der Waals surface area contributed by atoms with E-state index in [4.69, 9.17) is 23.7 Å². The summed E-state index contributed by atoms with van der Waals surface area (Å²) >= 11 is 0. The average Bonchev–Trinajstić information content (AvgIpc) is 3.22. The fourth-order valence-corrected chi connectivity index (χ4v) is 6.53. The van der Waals surface area contributed by atoms with Crippen LogP contribution in [-0.4, -0.2) is 70.3 Å². The molecule has 9 nitrogen and oxygen atoms in total. The van der Waals surface area contributed by atoms with Crippen molar-refractivity contribution in [3.05, 3.63) is 24.3 Å². The molecule has 3 unspecified atom stereocenters. The molecular formula is C49H91NO8. The Bertz CT molecular complexity index is 986. The maximum Gasteiger partial charge on any atom is 0.305 e. The van der Waals surface area contributed by atoms with Crippen LogP contribution in [0.1, 0.15) is 214 Å². The lowest BCUT2D eigenvalue weighted by atomic mass is 10.1. The molecule has 0 amide bonds. The summed E-state index contributed by atoms with van der Waals surface area (Å²) in [5.74, 6) is -1.39. The first-order chi connectivity index (χ1) is 28.4. The first-order valence-electron chi connectivity index (χ1n) is 24.0. The second kappa shape index (κ2) is 44.3. The number of carbonyl (C=O) groups is 3. The SMILES string of the molecule is CCCCC/C=C\C/C=C\CCCCCCCC(=O)OCC(COC(=O)CCCCNC)COC(=O)CCC(OCCCCCCCC)OC(C)CCCCCCC. The van der Waals surface area contributed by atoms with Gasteiger partial charge in [-0.2, -0.15) is 0 Å². The molecule has 0 aromatic carbocycles. The van der Waals surface area contributed by atoms with Gasteiger partial charge in [-0.05, 0) is 84.7 Å². The summed E-state index contributed by atoms with van der Waals surface area (Å²) in [6, 6.07) is 0. The second-order valence-corrected chi connectivity index (χ2v) is 16.2. The summed E-state index contributed by atoms with van der Waals surface area (Å²) in [7, 11) is 1.88. The predicted octanol–water partition coefficient (Wildman–Crippen LogP) is 12.7. The van der Waals surface area contributed by atoms with Gasteiger partial charge in [-0.1, -0.05) is 141 Å². The summed E-state index contributed by atoms with van der Waals surface area (Å²) < 4.78 is 29.2. The molecule has 0 heterocycles. The first-order valence-corrected chi connectivity index (χ1v) is 24.0. The minimum Gasteiger partial charge on any atom is -0.465 e. The smallest absolute Gasteiger partial charge is 0.305 e. The van der Waals surface area contributed by atoms with Gasteiger partial charge in [-0.15, -0.1) is 0 Å². The van der Waals surface area contributed by atoms with E-state index in [1.807, 2.05) is 7.05 Å². The molecule has 0 bridgehead atoms. The zero-order valence-corrected chi connectivity index (χ0v) is 38.3. The lowest BCUT2D eigenvalue weighted by molar-refractivity contribution is -0.177. The van der Waals surface area contributed by atoms with Crippen molar-refractivity contribution < 1.29 is 38.1 Å². The molecule has 340 valence electrons. The lowest BCUT2D eigenvalue weighted by Crippen LogP contribution is -2.27. The van der Waals surface area contributed by atoms with Crippen molar-refractivity contribution in [1.29, 1.82) is 0 Å². The van der Waals surface area contributed by atoms with E-state index in [2.05, 4.69) is 57.3 Å². The topological polar surface area (TPSA) is 109 Å². The fourth-order valence-electron chi connectivity index (χ4n) is 6.53. The van der Waals surface area contributed by atoms with Gasteiger partial charge in [-0.25, -0.2) is 0 Å². The third-order valence-corrected chi connectivity index (χ3v) is 10.3. The van der Waals surface area contributed by atoms with Crippen molar-refractivity contribution in [3.63, 3.8) is 0 Å². The number of ether oxygens (including phenoxy) is 5. The highest BCUT2D eigenvalue weighted by molar-refractivity contribution is 5.70. The molecule has 1 N–H and O–H groups in total. The Kier molecular flexibility index (Phi) is 42.6. The van der Waals surface area contributed by atoms with E-state index >= 15 is 0 Å². The Morgan fingerprint density at radius 2 is 0.983 bits per heavy atom. The third-order valence-electron chi connectivity index (χ3n) is 10.3. The van der Waals surface area contributed by atoms with Crippen molar-refractivity contribution in [2.75, 3.05) is 40.0 Å². The van der Waals surface area contributed by atoms with Crippen LogP contribution in [0.25, 0.3) is 0 Å². The van der Waals surface area contributed by atoms with Crippen LogP contribution >= 0.6 is 0 Å². The van der Waals surface area contributed by atoms with Gasteiger partial charge in [0.05, 0.1) is 18.4 Å². The van der Waals surface area contributed by atoms with Crippen molar-refractivity contribution in [2.45, 2.75) is 226 Å². The normalized spacial score (nSPS) is 13.3. The summed E-state index contributed by atoms with van der Waals surface area (Å²) in [5.41, 5.74) is 0. The molecule has 58 heavy (non-hydrogen) atoms. The van der Waals surface area contributed by atoms with Gasteiger partial charge in [0.1, 0.15) is 19.8 Å². The minimum absolute atomic E-state index is 0.00114. The van der Waals surface area contributed by atoms with Crippen LogP contribution in [0.15, 0.2) is 24.3 Å². The summed E-state index contributed by atoms with van der Waals surface area (Å²) in [5, 5.41) is 3.08. The predicted molar refractivity (Wildman–Crippen MR) is 240 cm³/mol. The van der Waals surface area contributed by atoms with E-state index in [9.17, 15) is 14.4 Å². The molecule has 0 spiro atoms. The number of allylic oxidation sites excluding steroid dienone is 4. The highest BCUT2D eigenvalue weighted by atomic mass is 16.7. The van der Waals surface area contributed by atoms with Gasteiger partial charge in [0.25, 0.3) is 0 Å². The van der Waals surface area contributed by atoms with Crippen molar-refractivity contribution >= 4 is 17.9 Å².